The molecule has 0 fully saturated rings. The molecule has 0 spiro atoms. The zero-order chi connectivity index (χ0) is 41.3. The van der Waals surface area contributed by atoms with Crippen LogP contribution in [0.5, 0.6) is 5.75 Å². The van der Waals surface area contributed by atoms with E-state index in [0.29, 0.717) is 37.0 Å². The first-order chi connectivity index (χ1) is 26.1. The lowest BCUT2D eigenvalue weighted by Gasteiger charge is -2.31. The zero-order valence-corrected chi connectivity index (χ0v) is 33.4. The van der Waals surface area contributed by atoms with Crippen LogP contribution in [0.25, 0.3) is 0 Å². The second-order valence-electron chi connectivity index (χ2n) is 14.4. The molecule has 0 unspecified atom stereocenters. The SMILES string of the molecule is CC#CCOc1ccc(C[C@H](NC(=O)[C@@H](C=CCCCCCCC(=O)CCCCCCC)[C@@](O)(CC(=O)O)C(=O)OCOC(=O)C(C)(C)C)C(=O)OC)cc1. The van der Waals surface area contributed by atoms with Gasteiger partial charge in [-0.15, -0.1) is 5.92 Å². The lowest BCUT2D eigenvalue weighted by Crippen LogP contribution is -2.56. The van der Waals surface area contributed by atoms with Gasteiger partial charge in [-0.1, -0.05) is 75.7 Å². The summed E-state index contributed by atoms with van der Waals surface area (Å²) in [5.41, 5.74) is -3.32. The number of ketones is 1. The van der Waals surface area contributed by atoms with Crippen molar-refractivity contribution in [3.8, 4) is 17.6 Å². The molecule has 3 atom stereocenters. The van der Waals surface area contributed by atoms with Crippen molar-refractivity contribution in [2.24, 2.45) is 11.3 Å². The van der Waals surface area contributed by atoms with Crippen molar-refractivity contribution in [2.75, 3.05) is 20.5 Å². The molecule has 1 aromatic rings. The average Bonchev–Trinajstić information content (AvgIpc) is 3.13. The van der Waals surface area contributed by atoms with Gasteiger partial charge in [-0.3, -0.25) is 19.2 Å². The van der Waals surface area contributed by atoms with Crippen molar-refractivity contribution >= 4 is 35.6 Å². The fourth-order valence-electron chi connectivity index (χ4n) is 5.45. The summed E-state index contributed by atoms with van der Waals surface area (Å²) in [5, 5.41) is 23.9. The number of allylic oxidation sites excluding steroid dienone is 1. The zero-order valence-electron chi connectivity index (χ0n) is 33.4. The Hall–Kier alpha value is -4.70. The molecule has 0 heterocycles. The van der Waals surface area contributed by atoms with E-state index in [1.807, 2.05) is 0 Å². The topological polar surface area (TPSA) is 192 Å². The fraction of sp³-hybridized carbons (Fsp3) is 0.619. The first kappa shape index (κ1) is 48.3. The van der Waals surface area contributed by atoms with Crippen molar-refractivity contribution in [3.05, 3.63) is 42.0 Å². The highest BCUT2D eigenvalue weighted by atomic mass is 16.7. The van der Waals surface area contributed by atoms with Gasteiger partial charge in [-0.25, -0.2) is 9.59 Å². The van der Waals surface area contributed by atoms with Gasteiger partial charge in [-0.2, -0.15) is 0 Å². The van der Waals surface area contributed by atoms with Gasteiger partial charge in [0.15, 0.2) is 5.60 Å². The molecular weight excluding hydrogens is 710 g/mol. The summed E-state index contributed by atoms with van der Waals surface area (Å²) in [6, 6.07) is 5.38. The highest BCUT2D eigenvalue weighted by Gasteiger charge is 2.50. The third kappa shape index (κ3) is 19.5. The molecule has 0 aromatic heterocycles. The van der Waals surface area contributed by atoms with Crippen LogP contribution >= 0.6 is 0 Å². The first-order valence-electron chi connectivity index (χ1n) is 19.1. The van der Waals surface area contributed by atoms with Crippen molar-refractivity contribution in [1.82, 2.24) is 5.32 Å². The number of aliphatic carboxylic acids is 1. The van der Waals surface area contributed by atoms with Gasteiger partial charge in [0.1, 0.15) is 24.2 Å². The van der Waals surface area contributed by atoms with Crippen molar-refractivity contribution in [3.63, 3.8) is 0 Å². The number of Topliss-reactive ketones (excluding diaryl/α,β-unsaturated/α-hetero) is 1. The highest BCUT2D eigenvalue weighted by molar-refractivity contribution is 5.95. The molecule has 0 saturated heterocycles. The van der Waals surface area contributed by atoms with E-state index in [1.165, 1.54) is 12.5 Å². The number of rotatable bonds is 27. The minimum Gasteiger partial charge on any atom is -0.481 e. The molecule has 1 amide bonds. The van der Waals surface area contributed by atoms with Crippen LogP contribution in [-0.2, 0) is 49.4 Å². The van der Waals surface area contributed by atoms with E-state index in [0.717, 1.165) is 52.1 Å². The maximum Gasteiger partial charge on any atom is 0.342 e. The number of carbonyl (C=O) groups excluding carboxylic acids is 5. The fourth-order valence-corrected chi connectivity index (χ4v) is 5.45. The number of hydrogen-bond donors (Lipinski definition) is 3. The van der Waals surface area contributed by atoms with E-state index in [4.69, 9.17) is 18.9 Å². The molecule has 0 aliphatic carbocycles. The number of carbonyl (C=O) groups is 6. The Morgan fingerprint density at radius 2 is 1.47 bits per heavy atom. The number of aliphatic hydroxyl groups is 1. The smallest absolute Gasteiger partial charge is 0.342 e. The second-order valence-corrected chi connectivity index (χ2v) is 14.4. The minimum absolute atomic E-state index is 0.0597. The lowest BCUT2D eigenvalue weighted by atomic mass is 9.82. The highest BCUT2D eigenvalue weighted by Crippen LogP contribution is 2.28. The number of amides is 1. The molecule has 0 aliphatic heterocycles. The lowest BCUT2D eigenvalue weighted by molar-refractivity contribution is -0.192. The van der Waals surface area contributed by atoms with E-state index in [1.54, 1.807) is 58.0 Å². The molecule has 306 valence electrons. The molecule has 0 bridgehead atoms. The Morgan fingerprint density at radius 3 is 2.04 bits per heavy atom. The number of esters is 3. The number of carboxylic acids is 1. The van der Waals surface area contributed by atoms with Crippen LogP contribution in [0.4, 0.5) is 0 Å². The number of unbranched alkanes of at least 4 members (excludes halogenated alkanes) is 8. The van der Waals surface area contributed by atoms with Gasteiger partial charge in [-0.05, 0) is 71.1 Å². The summed E-state index contributed by atoms with van der Waals surface area (Å²) in [5.74, 6) is -1.30. The Kier molecular flexibility index (Phi) is 23.0. The van der Waals surface area contributed by atoms with E-state index in [-0.39, 0.29) is 18.8 Å². The number of benzene rings is 1. The van der Waals surface area contributed by atoms with E-state index < -0.39 is 66.0 Å². The molecule has 0 aliphatic rings. The molecule has 1 rings (SSSR count). The summed E-state index contributed by atoms with van der Waals surface area (Å²) in [4.78, 5) is 76.6. The summed E-state index contributed by atoms with van der Waals surface area (Å²) < 4.78 is 20.4. The molecule has 3 N–H and O–H groups in total. The molecule has 0 radical (unpaired) electrons. The van der Waals surface area contributed by atoms with Crippen LogP contribution in [0.2, 0.25) is 0 Å². The normalized spacial score (nSPS) is 13.4. The maximum absolute atomic E-state index is 13.9. The largest absolute Gasteiger partial charge is 0.481 e. The number of nitrogens with one attached hydrogen (secondary N) is 1. The Bertz CT molecular complexity index is 1470. The predicted molar refractivity (Wildman–Crippen MR) is 205 cm³/mol. The quantitative estimate of drug-likeness (QED) is 0.0310. The number of hydrogen-bond acceptors (Lipinski definition) is 11. The summed E-state index contributed by atoms with van der Waals surface area (Å²) in [7, 11) is 1.13. The minimum atomic E-state index is -2.97. The molecular formula is C42H61NO12. The van der Waals surface area contributed by atoms with Gasteiger partial charge < -0.3 is 34.5 Å². The summed E-state index contributed by atoms with van der Waals surface area (Å²) in [6.45, 7) is 7.80. The third-order valence-corrected chi connectivity index (χ3v) is 8.68. The third-order valence-electron chi connectivity index (χ3n) is 8.68. The number of methoxy groups -OCH3 is 1. The van der Waals surface area contributed by atoms with Crippen LogP contribution < -0.4 is 10.1 Å². The van der Waals surface area contributed by atoms with Gasteiger partial charge in [0.2, 0.25) is 12.7 Å². The molecule has 1 aromatic carbocycles. The van der Waals surface area contributed by atoms with Crippen LogP contribution in [0.1, 0.15) is 124 Å². The van der Waals surface area contributed by atoms with Crippen LogP contribution in [0.15, 0.2) is 36.4 Å². The van der Waals surface area contributed by atoms with Crippen molar-refractivity contribution in [2.45, 2.75) is 136 Å². The van der Waals surface area contributed by atoms with Crippen molar-refractivity contribution in [1.29, 1.82) is 0 Å². The van der Waals surface area contributed by atoms with Gasteiger partial charge in [0, 0.05) is 19.3 Å². The van der Waals surface area contributed by atoms with Crippen LogP contribution in [0.3, 0.4) is 0 Å². The van der Waals surface area contributed by atoms with Gasteiger partial charge >= 0.3 is 23.9 Å². The molecule has 0 saturated carbocycles. The monoisotopic (exact) mass is 771 g/mol. The summed E-state index contributed by atoms with van der Waals surface area (Å²) >= 11 is 0. The van der Waals surface area contributed by atoms with Crippen molar-refractivity contribution < 1.29 is 57.9 Å². The second kappa shape index (κ2) is 26.2. The molecule has 13 nitrogen and oxygen atoms in total. The van der Waals surface area contributed by atoms with E-state index in [9.17, 15) is 39.0 Å². The predicted octanol–water partition coefficient (Wildman–Crippen LogP) is 6.03. The first-order valence-corrected chi connectivity index (χ1v) is 19.1. The molecule has 55 heavy (non-hydrogen) atoms. The Labute approximate surface area is 325 Å². The van der Waals surface area contributed by atoms with Crippen LogP contribution in [0, 0.1) is 23.2 Å². The Balaban J connectivity index is 3.17. The standard InChI is InChI=1S/C42H61NO12/c1-7-9-11-14-17-20-32(44)21-18-15-12-13-16-19-22-34(42(51,29-36(45)46)40(50)55-30-54-39(49)41(3,4)5)37(47)43-35(38(48)52-6)28-31-23-25-33(26-24-31)53-27-10-8-2/h19,22-26,34-35,51H,7,9,11-18,20-21,27-30H2,1-6H3,(H,43,47)(H,45,46)/t34-,35+,42+/m1/s1. The maximum atomic E-state index is 13.9. The number of carboxylic acid groups (broad SMARTS) is 1. The summed E-state index contributed by atoms with van der Waals surface area (Å²) in [6.07, 6.45) is 11.4. The van der Waals surface area contributed by atoms with Gasteiger partial charge in [0.05, 0.1) is 24.9 Å². The van der Waals surface area contributed by atoms with Gasteiger partial charge in [0.25, 0.3) is 0 Å². The van der Waals surface area contributed by atoms with Crippen LogP contribution in [-0.4, -0.2) is 77.9 Å². The number of ether oxygens (including phenoxy) is 4. The average molecular weight is 772 g/mol. The Morgan fingerprint density at radius 1 is 0.873 bits per heavy atom. The molecule has 13 heteroatoms. The van der Waals surface area contributed by atoms with E-state index >= 15 is 0 Å². The van der Waals surface area contributed by atoms with E-state index in [2.05, 4.69) is 24.1 Å².